The number of piperazine rings is 1. The lowest BCUT2D eigenvalue weighted by molar-refractivity contribution is -0.138. The van der Waals surface area contributed by atoms with Crippen molar-refractivity contribution in [1.29, 1.82) is 0 Å². The van der Waals surface area contributed by atoms with Crippen LogP contribution in [-0.4, -0.2) is 36.5 Å². The van der Waals surface area contributed by atoms with Crippen LogP contribution in [0.1, 0.15) is 13.8 Å². The van der Waals surface area contributed by atoms with Crippen LogP contribution in [0, 0.1) is 0 Å². The molecule has 0 aliphatic carbocycles. The average molecular weight is 179 g/mol. The number of rotatable bonds is 0. The number of carbonyl (C=O) groups is 1. The minimum atomic E-state index is -0.354. The largest absolute Gasteiger partial charge is 0.343 e. The summed E-state index contributed by atoms with van der Waals surface area (Å²) in [4.78, 5) is 13.1. The van der Waals surface area contributed by atoms with Crippen LogP contribution >= 0.6 is 12.4 Å². The quantitative estimate of drug-likeness (QED) is 0.577. The summed E-state index contributed by atoms with van der Waals surface area (Å²) in [7, 11) is 1.84. The van der Waals surface area contributed by atoms with E-state index in [1.54, 1.807) is 4.90 Å². The van der Waals surface area contributed by atoms with Gasteiger partial charge in [0.25, 0.3) is 0 Å². The molecule has 0 unspecified atom stereocenters. The lowest BCUT2D eigenvalue weighted by Gasteiger charge is -2.35. The molecule has 0 aromatic heterocycles. The molecular formula is C7H15ClN2O. The van der Waals surface area contributed by atoms with Crippen LogP contribution in [0.2, 0.25) is 0 Å². The highest BCUT2D eigenvalue weighted by molar-refractivity contribution is 5.86. The standard InChI is InChI=1S/C7H14N2O.ClH/c1-7(2)6(10)9(3)5-4-8-7;/h8H,4-5H2,1-3H3;1H. The van der Waals surface area contributed by atoms with Crippen molar-refractivity contribution in [3.8, 4) is 0 Å². The van der Waals surface area contributed by atoms with E-state index in [2.05, 4.69) is 5.32 Å². The maximum absolute atomic E-state index is 11.3. The summed E-state index contributed by atoms with van der Waals surface area (Å²) in [6.07, 6.45) is 0. The minimum Gasteiger partial charge on any atom is -0.343 e. The summed E-state index contributed by atoms with van der Waals surface area (Å²) in [6.45, 7) is 5.54. The topological polar surface area (TPSA) is 32.3 Å². The molecule has 1 fully saturated rings. The minimum absolute atomic E-state index is 0. The van der Waals surface area contributed by atoms with Gasteiger partial charge in [-0.15, -0.1) is 12.4 Å². The first-order chi connectivity index (χ1) is 4.54. The third kappa shape index (κ3) is 2.07. The lowest BCUT2D eigenvalue weighted by atomic mass is 10.0. The van der Waals surface area contributed by atoms with Crippen LogP contribution in [-0.2, 0) is 4.79 Å². The fourth-order valence-electron chi connectivity index (χ4n) is 1.19. The summed E-state index contributed by atoms with van der Waals surface area (Å²) in [6, 6.07) is 0. The molecule has 1 aliphatic rings. The van der Waals surface area contributed by atoms with Crippen molar-refractivity contribution in [2.45, 2.75) is 19.4 Å². The Morgan fingerprint density at radius 1 is 1.55 bits per heavy atom. The molecule has 3 nitrogen and oxygen atoms in total. The van der Waals surface area contributed by atoms with E-state index < -0.39 is 0 Å². The van der Waals surface area contributed by atoms with Crippen molar-refractivity contribution in [2.75, 3.05) is 20.1 Å². The van der Waals surface area contributed by atoms with Crippen molar-refractivity contribution in [1.82, 2.24) is 10.2 Å². The predicted molar refractivity (Wildman–Crippen MR) is 47.0 cm³/mol. The molecule has 1 aliphatic heterocycles. The van der Waals surface area contributed by atoms with Crippen LogP contribution in [0.4, 0.5) is 0 Å². The van der Waals surface area contributed by atoms with E-state index in [0.29, 0.717) is 0 Å². The maximum Gasteiger partial charge on any atom is 0.242 e. The molecule has 66 valence electrons. The summed E-state index contributed by atoms with van der Waals surface area (Å²) >= 11 is 0. The zero-order valence-electron chi connectivity index (χ0n) is 7.18. The SMILES string of the molecule is CN1CCNC(C)(C)C1=O.Cl. The second-order valence-electron chi connectivity index (χ2n) is 3.28. The second-order valence-corrected chi connectivity index (χ2v) is 3.28. The number of halogens is 1. The van der Waals surface area contributed by atoms with Crippen LogP contribution in [0.15, 0.2) is 0 Å². The summed E-state index contributed by atoms with van der Waals surface area (Å²) < 4.78 is 0. The number of amides is 1. The number of hydrogen-bond donors (Lipinski definition) is 1. The first-order valence-electron chi connectivity index (χ1n) is 3.54. The van der Waals surface area contributed by atoms with Crippen molar-refractivity contribution in [3.05, 3.63) is 0 Å². The molecular weight excluding hydrogens is 164 g/mol. The highest BCUT2D eigenvalue weighted by Crippen LogP contribution is 2.09. The van der Waals surface area contributed by atoms with E-state index in [-0.39, 0.29) is 23.9 Å². The number of hydrogen-bond acceptors (Lipinski definition) is 2. The van der Waals surface area contributed by atoms with Gasteiger partial charge in [-0.25, -0.2) is 0 Å². The Bertz CT molecular complexity index is 159. The van der Waals surface area contributed by atoms with Crippen LogP contribution in [0.25, 0.3) is 0 Å². The fourth-order valence-corrected chi connectivity index (χ4v) is 1.19. The Morgan fingerprint density at radius 2 is 2.09 bits per heavy atom. The Labute approximate surface area is 73.5 Å². The molecule has 1 saturated heterocycles. The number of likely N-dealkylation sites (N-methyl/N-ethyl adjacent to an activating group) is 1. The molecule has 0 bridgehead atoms. The van der Waals surface area contributed by atoms with E-state index in [1.807, 2.05) is 20.9 Å². The summed E-state index contributed by atoms with van der Waals surface area (Å²) in [5.74, 6) is 0.179. The third-order valence-electron chi connectivity index (χ3n) is 1.90. The zero-order chi connectivity index (χ0) is 7.78. The van der Waals surface area contributed by atoms with Gasteiger partial charge in [0, 0.05) is 20.1 Å². The fraction of sp³-hybridized carbons (Fsp3) is 0.857. The van der Waals surface area contributed by atoms with Gasteiger partial charge in [0.05, 0.1) is 5.54 Å². The Morgan fingerprint density at radius 3 is 2.45 bits per heavy atom. The van der Waals surface area contributed by atoms with E-state index in [1.165, 1.54) is 0 Å². The van der Waals surface area contributed by atoms with Gasteiger partial charge in [-0.05, 0) is 13.8 Å². The lowest BCUT2D eigenvalue weighted by Crippen LogP contribution is -2.59. The van der Waals surface area contributed by atoms with Crippen LogP contribution in [0.3, 0.4) is 0 Å². The average Bonchev–Trinajstić information content (AvgIpc) is 1.83. The molecule has 4 heteroatoms. The molecule has 0 aromatic rings. The summed E-state index contributed by atoms with van der Waals surface area (Å²) in [5, 5.41) is 3.15. The second kappa shape index (κ2) is 3.41. The summed E-state index contributed by atoms with van der Waals surface area (Å²) in [5.41, 5.74) is -0.354. The highest BCUT2D eigenvalue weighted by atomic mass is 35.5. The van der Waals surface area contributed by atoms with E-state index in [4.69, 9.17) is 0 Å². The molecule has 0 saturated carbocycles. The van der Waals surface area contributed by atoms with Gasteiger partial charge in [-0.2, -0.15) is 0 Å². The van der Waals surface area contributed by atoms with Crippen LogP contribution < -0.4 is 5.32 Å². The van der Waals surface area contributed by atoms with Crippen molar-refractivity contribution < 1.29 is 4.79 Å². The molecule has 11 heavy (non-hydrogen) atoms. The van der Waals surface area contributed by atoms with Crippen molar-refractivity contribution in [2.24, 2.45) is 0 Å². The molecule has 0 spiro atoms. The smallest absolute Gasteiger partial charge is 0.242 e. The van der Waals surface area contributed by atoms with Gasteiger partial charge in [-0.3, -0.25) is 4.79 Å². The normalized spacial score (nSPS) is 22.8. The predicted octanol–water partition coefficient (Wildman–Crippen LogP) is 0.248. The Kier molecular flexibility index (Phi) is 3.32. The zero-order valence-corrected chi connectivity index (χ0v) is 7.99. The molecule has 1 heterocycles. The van der Waals surface area contributed by atoms with Gasteiger partial charge >= 0.3 is 0 Å². The van der Waals surface area contributed by atoms with E-state index >= 15 is 0 Å². The number of nitrogens with zero attached hydrogens (tertiary/aromatic N) is 1. The first kappa shape index (κ1) is 10.7. The monoisotopic (exact) mass is 178 g/mol. The highest BCUT2D eigenvalue weighted by Gasteiger charge is 2.32. The molecule has 1 N–H and O–H groups in total. The first-order valence-corrected chi connectivity index (χ1v) is 3.54. The molecule has 0 aromatic carbocycles. The van der Waals surface area contributed by atoms with Crippen molar-refractivity contribution >= 4 is 18.3 Å². The van der Waals surface area contributed by atoms with Gasteiger partial charge < -0.3 is 10.2 Å². The maximum atomic E-state index is 11.3. The van der Waals surface area contributed by atoms with Gasteiger partial charge in [0.2, 0.25) is 5.91 Å². The van der Waals surface area contributed by atoms with E-state index in [0.717, 1.165) is 13.1 Å². The molecule has 1 rings (SSSR count). The molecule has 1 amide bonds. The Hall–Kier alpha value is -0.280. The molecule has 0 radical (unpaired) electrons. The Balaban J connectivity index is 0.000001000. The van der Waals surface area contributed by atoms with Crippen molar-refractivity contribution in [3.63, 3.8) is 0 Å². The van der Waals surface area contributed by atoms with Gasteiger partial charge in [0.1, 0.15) is 0 Å². The molecule has 0 atom stereocenters. The third-order valence-corrected chi connectivity index (χ3v) is 1.90. The van der Waals surface area contributed by atoms with Gasteiger partial charge in [0.15, 0.2) is 0 Å². The van der Waals surface area contributed by atoms with Gasteiger partial charge in [-0.1, -0.05) is 0 Å². The number of nitrogens with one attached hydrogen (secondary N) is 1. The van der Waals surface area contributed by atoms with Crippen LogP contribution in [0.5, 0.6) is 0 Å². The van der Waals surface area contributed by atoms with E-state index in [9.17, 15) is 4.79 Å². The number of carbonyl (C=O) groups excluding carboxylic acids is 1.